The average molecular weight is 247 g/mol. The highest BCUT2D eigenvalue weighted by molar-refractivity contribution is 4.99. The van der Waals surface area contributed by atoms with Crippen LogP contribution >= 0.6 is 0 Å². The van der Waals surface area contributed by atoms with Crippen LogP contribution in [-0.4, -0.2) is 32.8 Å². The van der Waals surface area contributed by atoms with Gasteiger partial charge < -0.3 is 0 Å². The van der Waals surface area contributed by atoms with Gasteiger partial charge in [0.1, 0.15) is 12.2 Å². The van der Waals surface area contributed by atoms with Crippen molar-refractivity contribution < 1.29 is 0 Å². The Kier molecular flexibility index (Phi) is 3.97. The molecule has 1 saturated heterocycles. The van der Waals surface area contributed by atoms with Gasteiger partial charge in [-0.1, -0.05) is 6.92 Å². The Balaban J connectivity index is 1.92. The minimum Gasteiger partial charge on any atom is -0.296 e. The van der Waals surface area contributed by atoms with Crippen molar-refractivity contribution in [1.29, 1.82) is 5.26 Å². The van der Waals surface area contributed by atoms with Gasteiger partial charge in [-0.3, -0.25) is 4.90 Å². The second-order valence-corrected chi connectivity index (χ2v) is 5.35. The van der Waals surface area contributed by atoms with E-state index in [0.29, 0.717) is 0 Å². The molecule has 1 aliphatic rings. The van der Waals surface area contributed by atoms with Gasteiger partial charge >= 0.3 is 0 Å². The van der Waals surface area contributed by atoms with Crippen molar-refractivity contribution in [3.8, 4) is 6.07 Å². The third-order valence-corrected chi connectivity index (χ3v) is 3.73. The first-order valence-corrected chi connectivity index (χ1v) is 6.67. The molecule has 0 atom stereocenters. The number of piperidine rings is 1. The van der Waals surface area contributed by atoms with Crippen LogP contribution in [0.15, 0.2) is 6.33 Å². The molecule has 0 aromatic carbocycles. The van der Waals surface area contributed by atoms with Gasteiger partial charge in [0.15, 0.2) is 0 Å². The predicted molar refractivity (Wildman–Crippen MR) is 68.5 cm³/mol. The van der Waals surface area contributed by atoms with E-state index in [1.54, 1.807) is 6.33 Å². The van der Waals surface area contributed by atoms with E-state index in [4.69, 9.17) is 5.26 Å². The Labute approximate surface area is 108 Å². The number of likely N-dealkylation sites (tertiary alicyclic amines) is 1. The minimum absolute atomic E-state index is 0.131. The zero-order valence-electron chi connectivity index (χ0n) is 11.3. The maximum atomic E-state index is 9.11. The molecule has 1 aromatic heterocycles. The van der Waals surface area contributed by atoms with Crippen molar-refractivity contribution >= 4 is 0 Å². The highest BCUT2D eigenvalue weighted by atomic mass is 15.3. The van der Waals surface area contributed by atoms with Gasteiger partial charge in [0.25, 0.3) is 0 Å². The van der Waals surface area contributed by atoms with Crippen LogP contribution in [0.1, 0.15) is 38.9 Å². The van der Waals surface area contributed by atoms with Crippen LogP contribution in [0.3, 0.4) is 0 Å². The predicted octanol–water partition coefficient (Wildman–Crippen LogP) is 1.81. The summed E-state index contributed by atoms with van der Waals surface area (Å²) >= 11 is 0. The fraction of sp³-hybridized carbons (Fsp3) is 0.769. The summed E-state index contributed by atoms with van der Waals surface area (Å²) in [6, 6.07) is 2.43. The summed E-state index contributed by atoms with van der Waals surface area (Å²) in [5.74, 6) is 1.04. The number of rotatable bonds is 4. The zero-order valence-corrected chi connectivity index (χ0v) is 11.3. The molecule has 0 aliphatic carbocycles. The van der Waals surface area contributed by atoms with E-state index in [0.717, 1.165) is 51.3 Å². The molecule has 1 fully saturated rings. The third-order valence-electron chi connectivity index (χ3n) is 3.73. The molecular formula is C13H21N5. The lowest BCUT2D eigenvalue weighted by Crippen LogP contribution is -2.38. The minimum atomic E-state index is -0.131. The van der Waals surface area contributed by atoms with Gasteiger partial charge in [0, 0.05) is 19.6 Å². The topological polar surface area (TPSA) is 57.7 Å². The van der Waals surface area contributed by atoms with Gasteiger partial charge in [-0.25, -0.2) is 9.67 Å². The summed E-state index contributed by atoms with van der Waals surface area (Å²) < 4.78 is 1.98. The molecule has 1 aromatic rings. The Hall–Kier alpha value is -1.41. The highest BCUT2D eigenvalue weighted by Gasteiger charge is 2.30. The SMILES string of the molecule is CCCn1ncnc1CN1CCC(C)(C#N)CC1. The van der Waals surface area contributed by atoms with E-state index in [1.807, 2.05) is 4.68 Å². The molecular weight excluding hydrogens is 226 g/mol. The van der Waals surface area contributed by atoms with Crippen LogP contribution in [0.5, 0.6) is 0 Å². The van der Waals surface area contributed by atoms with E-state index in [2.05, 4.69) is 34.9 Å². The molecule has 0 unspecified atom stereocenters. The van der Waals surface area contributed by atoms with Crippen LogP contribution in [0, 0.1) is 16.7 Å². The van der Waals surface area contributed by atoms with Gasteiger partial charge in [-0.15, -0.1) is 0 Å². The Morgan fingerprint density at radius 2 is 2.17 bits per heavy atom. The Morgan fingerprint density at radius 1 is 1.44 bits per heavy atom. The molecule has 0 radical (unpaired) electrons. The van der Waals surface area contributed by atoms with Crippen LogP contribution < -0.4 is 0 Å². The highest BCUT2D eigenvalue weighted by Crippen LogP contribution is 2.30. The van der Waals surface area contributed by atoms with Crippen molar-refractivity contribution in [2.24, 2.45) is 5.41 Å². The molecule has 2 rings (SSSR count). The zero-order chi connectivity index (χ0) is 13.0. The van der Waals surface area contributed by atoms with Crippen molar-refractivity contribution in [3.05, 3.63) is 12.2 Å². The maximum absolute atomic E-state index is 9.11. The Morgan fingerprint density at radius 3 is 2.78 bits per heavy atom. The maximum Gasteiger partial charge on any atom is 0.141 e. The fourth-order valence-corrected chi connectivity index (χ4v) is 2.33. The van der Waals surface area contributed by atoms with Crippen LogP contribution in [0.4, 0.5) is 0 Å². The van der Waals surface area contributed by atoms with Gasteiger partial charge in [0.2, 0.25) is 0 Å². The summed E-state index contributed by atoms with van der Waals surface area (Å²) in [6.07, 6.45) is 4.61. The average Bonchev–Trinajstić information content (AvgIpc) is 2.81. The van der Waals surface area contributed by atoms with E-state index in [-0.39, 0.29) is 5.41 Å². The van der Waals surface area contributed by atoms with E-state index < -0.39 is 0 Å². The van der Waals surface area contributed by atoms with Crippen molar-refractivity contribution in [2.45, 2.75) is 46.2 Å². The normalized spacial score (nSPS) is 19.6. The molecule has 2 heterocycles. The van der Waals surface area contributed by atoms with Crippen LogP contribution in [0.2, 0.25) is 0 Å². The lowest BCUT2D eigenvalue weighted by Gasteiger charge is -2.34. The summed E-state index contributed by atoms with van der Waals surface area (Å²) in [4.78, 5) is 6.70. The van der Waals surface area contributed by atoms with Crippen molar-refractivity contribution in [1.82, 2.24) is 19.7 Å². The summed E-state index contributed by atoms with van der Waals surface area (Å²) in [7, 11) is 0. The van der Waals surface area contributed by atoms with Crippen molar-refractivity contribution in [2.75, 3.05) is 13.1 Å². The second kappa shape index (κ2) is 5.49. The van der Waals surface area contributed by atoms with Gasteiger partial charge in [0.05, 0.1) is 18.0 Å². The molecule has 1 aliphatic heterocycles. The number of nitrogens with zero attached hydrogens (tertiary/aromatic N) is 5. The fourth-order valence-electron chi connectivity index (χ4n) is 2.33. The third kappa shape index (κ3) is 2.88. The van der Waals surface area contributed by atoms with Gasteiger partial charge in [-0.2, -0.15) is 10.4 Å². The molecule has 5 heteroatoms. The van der Waals surface area contributed by atoms with Crippen molar-refractivity contribution in [3.63, 3.8) is 0 Å². The molecule has 98 valence electrons. The van der Waals surface area contributed by atoms with E-state index in [1.165, 1.54) is 0 Å². The number of hydrogen-bond donors (Lipinski definition) is 0. The number of aromatic nitrogens is 3. The molecule has 0 amide bonds. The Bertz CT molecular complexity index is 423. The quantitative estimate of drug-likeness (QED) is 0.814. The molecule has 0 saturated carbocycles. The van der Waals surface area contributed by atoms with Gasteiger partial charge in [-0.05, 0) is 26.2 Å². The lowest BCUT2D eigenvalue weighted by atomic mass is 9.82. The number of nitriles is 1. The molecule has 0 spiro atoms. The smallest absolute Gasteiger partial charge is 0.141 e. The van der Waals surface area contributed by atoms with E-state index >= 15 is 0 Å². The largest absolute Gasteiger partial charge is 0.296 e. The standard InChI is InChI=1S/C13H21N5/c1-3-6-18-12(15-11-16-18)9-17-7-4-13(2,10-14)5-8-17/h11H,3-9H2,1-2H3. The number of hydrogen-bond acceptors (Lipinski definition) is 4. The first-order chi connectivity index (χ1) is 8.67. The lowest BCUT2D eigenvalue weighted by molar-refractivity contribution is 0.145. The molecule has 0 N–H and O–H groups in total. The first-order valence-electron chi connectivity index (χ1n) is 6.67. The van der Waals surface area contributed by atoms with Crippen LogP contribution in [0.25, 0.3) is 0 Å². The first kappa shape index (κ1) is 13.0. The molecule has 18 heavy (non-hydrogen) atoms. The summed E-state index contributed by atoms with van der Waals surface area (Å²) in [5, 5.41) is 13.4. The monoisotopic (exact) mass is 247 g/mol. The van der Waals surface area contributed by atoms with Crippen LogP contribution in [-0.2, 0) is 13.1 Å². The van der Waals surface area contributed by atoms with E-state index in [9.17, 15) is 0 Å². The second-order valence-electron chi connectivity index (χ2n) is 5.35. The summed E-state index contributed by atoms with van der Waals surface area (Å²) in [5.41, 5.74) is -0.131. The summed E-state index contributed by atoms with van der Waals surface area (Å²) in [6.45, 7) is 7.93. The molecule has 5 nitrogen and oxygen atoms in total. The number of aryl methyl sites for hydroxylation is 1. The molecule has 0 bridgehead atoms.